The Balaban J connectivity index is 0.00000288. The first-order valence-corrected chi connectivity index (χ1v) is 9.45. The maximum Gasteiger partial charge on any atom is 0.193 e. The van der Waals surface area contributed by atoms with Gasteiger partial charge in [0.2, 0.25) is 0 Å². The highest BCUT2D eigenvalue weighted by atomic mass is 127. The Morgan fingerprint density at radius 3 is 2.54 bits per heavy atom. The molecule has 2 aliphatic heterocycles. The summed E-state index contributed by atoms with van der Waals surface area (Å²) in [5, 5.41) is 3.49. The molecule has 2 aliphatic rings. The van der Waals surface area contributed by atoms with Crippen LogP contribution in [0.5, 0.6) is 0 Å². The zero-order chi connectivity index (χ0) is 16.7. The molecule has 0 spiro atoms. The van der Waals surface area contributed by atoms with Crippen molar-refractivity contribution in [1.29, 1.82) is 0 Å². The van der Waals surface area contributed by atoms with Crippen molar-refractivity contribution >= 4 is 29.9 Å². The van der Waals surface area contributed by atoms with Crippen molar-refractivity contribution in [3.63, 3.8) is 0 Å². The third-order valence-corrected chi connectivity index (χ3v) is 4.90. The molecule has 2 rings (SSSR count). The summed E-state index contributed by atoms with van der Waals surface area (Å²) in [6, 6.07) is 0.488. The van der Waals surface area contributed by atoms with Crippen molar-refractivity contribution < 1.29 is 4.74 Å². The van der Waals surface area contributed by atoms with E-state index >= 15 is 0 Å². The third kappa shape index (κ3) is 7.04. The zero-order valence-corrected chi connectivity index (χ0v) is 18.3. The van der Waals surface area contributed by atoms with Gasteiger partial charge in [-0.2, -0.15) is 0 Å². The Morgan fingerprint density at radius 2 is 1.92 bits per heavy atom. The molecule has 5 nitrogen and oxygen atoms in total. The van der Waals surface area contributed by atoms with Crippen molar-refractivity contribution in [3.8, 4) is 0 Å². The first-order chi connectivity index (χ1) is 11.1. The summed E-state index contributed by atoms with van der Waals surface area (Å²) in [5.74, 6) is 2.73. The van der Waals surface area contributed by atoms with E-state index in [1.165, 1.54) is 12.8 Å². The average Bonchev–Trinajstić information content (AvgIpc) is 2.99. The number of aliphatic imine (C=N–C) groups is 1. The smallest absolute Gasteiger partial charge is 0.193 e. The largest absolute Gasteiger partial charge is 0.379 e. The summed E-state index contributed by atoms with van der Waals surface area (Å²) in [5.41, 5.74) is 0. The minimum Gasteiger partial charge on any atom is -0.379 e. The Labute approximate surface area is 165 Å². The van der Waals surface area contributed by atoms with Crippen LogP contribution in [-0.2, 0) is 4.74 Å². The number of nitrogens with one attached hydrogen (secondary N) is 1. The lowest BCUT2D eigenvalue weighted by Crippen LogP contribution is -2.45. The predicted octanol–water partition coefficient (Wildman–Crippen LogP) is 2.66. The summed E-state index contributed by atoms with van der Waals surface area (Å²) >= 11 is 0. The van der Waals surface area contributed by atoms with Gasteiger partial charge >= 0.3 is 0 Å². The molecule has 0 aliphatic carbocycles. The number of nitrogens with zero attached hydrogens (tertiary/aromatic N) is 3. The van der Waals surface area contributed by atoms with Crippen LogP contribution in [0, 0.1) is 11.8 Å². The van der Waals surface area contributed by atoms with E-state index < -0.39 is 0 Å². The van der Waals surface area contributed by atoms with Gasteiger partial charge in [-0.25, -0.2) is 0 Å². The number of hydrogen-bond donors (Lipinski definition) is 1. The Morgan fingerprint density at radius 1 is 1.21 bits per heavy atom. The number of ether oxygens (including phenoxy) is 1. The van der Waals surface area contributed by atoms with Crippen molar-refractivity contribution in [3.05, 3.63) is 0 Å². The first kappa shape index (κ1) is 22.0. The van der Waals surface area contributed by atoms with Gasteiger partial charge in [0.25, 0.3) is 0 Å². The minimum absolute atomic E-state index is 0. The molecule has 0 aromatic rings. The summed E-state index contributed by atoms with van der Waals surface area (Å²) in [6.45, 7) is 17.0. The minimum atomic E-state index is 0. The number of likely N-dealkylation sites (tertiary alicyclic amines) is 1. The van der Waals surface area contributed by atoms with E-state index in [1.54, 1.807) is 0 Å². The van der Waals surface area contributed by atoms with Gasteiger partial charge in [0.1, 0.15) is 0 Å². The lowest BCUT2D eigenvalue weighted by molar-refractivity contribution is 0.0220. The molecule has 0 saturated carbocycles. The summed E-state index contributed by atoms with van der Waals surface area (Å²) in [4.78, 5) is 9.88. The molecule has 2 fully saturated rings. The molecule has 6 heteroatoms. The zero-order valence-electron chi connectivity index (χ0n) is 16.0. The van der Waals surface area contributed by atoms with Crippen molar-refractivity contribution in [2.24, 2.45) is 16.8 Å². The molecule has 2 heterocycles. The highest BCUT2D eigenvalue weighted by Gasteiger charge is 2.25. The lowest BCUT2D eigenvalue weighted by Gasteiger charge is -2.32. The van der Waals surface area contributed by atoms with E-state index in [1.807, 2.05) is 0 Å². The fourth-order valence-electron chi connectivity index (χ4n) is 3.66. The fourth-order valence-corrected chi connectivity index (χ4v) is 3.66. The Bertz CT molecular complexity index is 372. The van der Waals surface area contributed by atoms with E-state index in [0.29, 0.717) is 6.04 Å². The molecular weight excluding hydrogens is 415 g/mol. The van der Waals surface area contributed by atoms with Gasteiger partial charge < -0.3 is 15.0 Å². The second kappa shape index (κ2) is 11.5. The molecule has 2 unspecified atom stereocenters. The molecule has 1 N–H and O–H groups in total. The van der Waals surface area contributed by atoms with Gasteiger partial charge in [0.05, 0.1) is 19.8 Å². The van der Waals surface area contributed by atoms with Crippen LogP contribution >= 0.6 is 24.0 Å². The van der Waals surface area contributed by atoms with E-state index in [2.05, 4.69) is 42.8 Å². The molecule has 0 bridgehead atoms. The number of morpholine rings is 1. The molecule has 142 valence electrons. The standard InChI is InChI=1S/C18H36N4O.HI/c1-5-19-18(22-7-6-17(14-22)12-15(2)3)20-13-16(4)21-8-10-23-11-9-21;/h15-17H,5-14H2,1-4H3,(H,19,20);1H. The Kier molecular flexibility index (Phi) is 10.5. The van der Waals surface area contributed by atoms with Gasteiger partial charge in [-0.15, -0.1) is 24.0 Å². The molecular formula is C18H37IN4O. The number of guanidine groups is 1. The maximum absolute atomic E-state index is 5.44. The number of hydrogen-bond acceptors (Lipinski definition) is 3. The average molecular weight is 452 g/mol. The summed E-state index contributed by atoms with van der Waals surface area (Å²) < 4.78 is 5.44. The highest BCUT2D eigenvalue weighted by molar-refractivity contribution is 14.0. The van der Waals surface area contributed by atoms with Gasteiger partial charge in [-0.3, -0.25) is 9.89 Å². The van der Waals surface area contributed by atoms with Crippen LogP contribution in [-0.4, -0.2) is 74.3 Å². The number of halogens is 1. The van der Waals surface area contributed by atoms with Gasteiger partial charge in [0.15, 0.2) is 5.96 Å². The second-order valence-electron chi connectivity index (χ2n) is 7.42. The molecule has 0 aromatic carbocycles. The third-order valence-electron chi connectivity index (χ3n) is 4.90. The van der Waals surface area contributed by atoms with Gasteiger partial charge in [-0.1, -0.05) is 13.8 Å². The Hall–Kier alpha value is -0.0800. The number of rotatable bonds is 6. The topological polar surface area (TPSA) is 40.1 Å². The van der Waals surface area contributed by atoms with Crippen molar-refractivity contribution in [2.45, 2.75) is 46.6 Å². The van der Waals surface area contributed by atoms with Crippen LogP contribution in [0.1, 0.15) is 40.5 Å². The lowest BCUT2D eigenvalue weighted by atomic mass is 9.97. The van der Waals surface area contributed by atoms with Gasteiger partial charge in [0, 0.05) is 38.8 Å². The van der Waals surface area contributed by atoms with Gasteiger partial charge in [-0.05, 0) is 38.5 Å². The normalized spacial score (nSPS) is 24.1. The SMILES string of the molecule is CCNC(=NCC(C)N1CCOCC1)N1CCC(CC(C)C)C1.I. The van der Waals surface area contributed by atoms with Crippen molar-refractivity contribution in [1.82, 2.24) is 15.1 Å². The summed E-state index contributed by atoms with van der Waals surface area (Å²) in [7, 11) is 0. The molecule has 0 amide bonds. The molecule has 2 saturated heterocycles. The van der Waals surface area contributed by atoms with Crippen LogP contribution < -0.4 is 5.32 Å². The first-order valence-electron chi connectivity index (χ1n) is 9.45. The van der Waals surface area contributed by atoms with Crippen LogP contribution in [0.3, 0.4) is 0 Å². The highest BCUT2D eigenvalue weighted by Crippen LogP contribution is 2.23. The fraction of sp³-hybridized carbons (Fsp3) is 0.944. The molecule has 0 radical (unpaired) electrons. The van der Waals surface area contributed by atoms with E-state index in [9.17, 15) is 0 Å². The molecule has 24 heavy (non-hydrogen) atoms. The summed E-state index contributed by atoms with van der Waals surface area (Å²) in [6.07, 6.45) is 2.64. The van der Waals surface area contributed by atoms with Crippen LogP contribution in [0.4, 0.5) is 0 Å². The van der Waals surface area contributed by atoms with E-state index in [-0.39, 0.29) is 24.0 Å². The predicted molar refractivity (Wildman–Crippen MR) is 112 cm³/mol. The van der Waals surface area contributed by atoms with Crippen molar-refractivity contribution in [2.75, 3.05) is 52.5 Å². The molecule has 0 aromatic heterocycles. The molecule has 2 atom stereocenters. The van der Waals surface area contributed by atoms with E-state index in [4.69, 9.17) is 9.73 Å². The monoisotopic (exact) mass is 452 g/mol. The quantitative estimate of drug-likeness (QED) is 0.382. The second-order valence-corrected chi connectivity index (χ2v) is 7.42. The van der Waals surface area contributed by atoms with Crippen LogP contribution in [0.15, 0.2) is 4.99 Å². The van der Waals surface area contributed by atoms with Crippen LogP contribution in [0.25, 0.3) is 0 Å². The van der Waals surface area contributed by atoms with Crippen LogP contribution in [0.2, 0.25) is 0 Å². The van der Waals surface area contributed by atoms with E-state index in [0.717, 1.165) is 70.3 Å². The maximum atomic E-state index is 5.44.